The predicted molar refractivity (Wildman–Crippen MR) is 73.9 cm³/mol. The van der Waals surface area contributed by atoms with Crippen LogP contribution in [0.1, 0.15) is 11.7 Å². The zero-order valence-electron chi connectivity index (χ0n) is 11.0. The molecule has 1 aromatic heterocycles. The van der Waals surface area contributed by atoms with Crippen molar-refractivity contribution in [3.63, 3.8) is 0 Å². The summed E-state index contributed by atoms with van der Waals surface area (Å²) < 4.78 is 5.69. The second-order valence-corrected chi connectivity index (χ2v) is 5.04. The summed E-state index contributed by atoms with van der Waals surface area (Å²) >= 11 is 0. The molecular formula is C15H18N2O2. The lowest BCUT2D eigenvalue weighted by molar-refractivity contribution is -0.0840. The average Bonchev–Trinajstić information content (AvgIpc) is 2.46. The van der Waals surface area contributed by atoms with E-state index in [1.165, 1.54) is 0 Å². The standard InChI is InChI=1S/C15H18N2O2/c1-17-8-9-19-13(10-17)15(18)12-6-2-4-11-5-3-7-16-14(11)12/h2-7,13,15,18H,8-10H2,1H3. The highest BCUT2D eigenvalue weighted by Gasteiger charge is 2.27. The minimum Gasteiger partial charge on any atom is -0.386 e. The van der Waals surface area contributed by atoms with Crippen molar-refractivity contribution in [1.82, 2.24) is 9.88 Å². The maximum Gasteiger partial charge on any atom is 0.108 e. The number of likely N-dealkylation sites (N-methyl/N-ethyl adjacent to an activating group) is 1. The van der Waals surface area contributed by atoms with Crippen molar-refractivity contribution in [3.05, 3.63) is 42.1 Å². The molecule has 4 heteroatoms. The van der Waals surface area contributed by atoms with Gasteiger partial charge in [-0.25, -0.2) is 0 Å². The molecule has 2 heterocycles. The number of ether oxygens (including phenoxy) is 1. The Morgan fingerprint density at radius 3 is 3.05 bits per heavy atom. The van der Waals surface area contributed by atoms with Gasteiger partial charge < -0.3 is 14.7 Å². The van der Waals surface area contributed by atoms with Crippen LogP contribution in [-0.4, -0.2) is 47.8 Å². The van der Waals surface area contributed by atoms with Crippen LogP contribution in [0.4, 0.5) is 0 Å². The lowest BCUT2D eigenvalue weighted by Crippen LogP contribution is -2.43. The molecule has 1 fully saturated rings. The largest absolute Gasteiger partial charge is 0.386 e. The van der Waals surface area contributed by atoms with Crippen LogP contribution in [0.2, 0.25) is 0 Å². The molecule has 1 N–H and O–H groups in total. The van der Waals surface area contributed by atoms with Gasteiger partial charge in [-0.1, -0.05) is 24.3 Å². The molecule has 4 nitrogen and oxygen atoms in total. The van der Waals surface area contributed by atoms with Crippen molar-refractivity contribution in [2.75, 3.05) is 26.7 Å². The first-order valence-corrected chi connectivity index (χ1v) is 6.57. The van der Waals surface area contributed by atoms with Crippen LogP contribution in [-0.2, 0) is 4.74 Å². The van der Waals surface area contributed by atoms with Crippen LogP contribution in [0.5, 0.6) is 0 Å². The Morgan fingerprint density at radius 1 is 1.37 bits per heavy atom. The molecule has 100 valence electrons. The lowest BCUT2D eigenvalue weighted by Gasteiger charge is -2.33. The second kappa shape index (κ2) is 5.25. The maximum absolute atomic E-state index is 10.6. The van der Waals surface area contributed by atoms with E-state index in [-0.39, 0.29) is 6.10 Å². The van der Waals surface area contributed by atoms with Gasteiger partial charge in [-0.3, -0.25) is 4.98 Å². The monoisotopic (exact) mass is 258 g/mol. The smallest absolute Gasteiger partial charge is 0.108 e. The van der Waals surface area contributed by atoms with Crippen molar-refractivity contribution in [3.8, 4) is 0 Å². The number of aliphatic hydroxyl groups excluding tert-OH is 1. The Kier molecular flexibility index (Phi) is 3.46. The van der Waals surface area contributed by atoms with Crippen LogP contribution >= 0.6 is 0 Å². The Hall–Kier alpha value is -1.49. The van der Waals surface area contributed by atoms with Crippen molar-refractivity contribution >= 4 is 10.9 Å². The van der Waals surface area contributed by atoms with Crippen LogP contribution < -0.4 is 0 Å². The number of hydrogen-bond acceptors (Lipinski definition) is 4. The van der Waals surface area contributed by atoms with E-state index in [1.807, 2.05) is 37.4 Å². The first-order chi connectivity index (χ1) is 9.25. The average molecular weight is 258 g/mol. The van der Waals surface area contributed by atoms with Gasteiger partial charge in [0.05, 0.1) is 12.1 Å². The molecule has 19 heavy (non-hydrogen) atoms. The molecule has 2 unspecified atom stereocenters. The number of benzene rings is 1. The summed E-state index contributed by atoms with van der Waals surface area (Å²) in [5.41, 5.74) is 1.70. The molecular weight excluding hydrogens is 240 g/mol. The Labute approximate surface area is 112 Å². The SMILES string of the molecule is CN1CCOC(C(O)c2cccc3cccnc23)C1. The van der Waals surface area contributed by atoms with Crippen LogP contribution in [0.25, 0.3) is 10.9 Å². The number of rotatable bonds is 2. The molecule has 1 aromatic carbocycles. The molecule has 0 radical (unpaired) electrons. The number of para-hydroxylation sites is 1. The minimum atomic E-state index is -0.638. The first-order valence-electron chi connectivity index (χ1n) is 6.57. The Balaban J connectivity index is 1.95. The summed E-state index contributed by atoms with van der Waals surface area (Å²) in [5.74, 6) is 0. The quantitative estimate of drug-likeness (QED) is 0.888. The normalized spacial score (nSPS) is 22.5. The third-order valence-electron chi connectivity index (χ3n) is 3.63. The predicted octanol–water partition coefficient (Wildman–Crippen LogP) is 1.60. The minimum absolute atomic E-state index is 0.189. The fourth-order valence-electron chi connectivity index (χ4n) is 2.57. The van der Waals surface area contributed by atoms with E-state index in [2.05, 4.69) is 9.88 Å². The molecule has 1 saturated heterocycles. The molecule has 1 aliphatic heterocycles. The number of nitrogens with zero attached hydrogens (tertiary/aromatic N) is 2. The van der Waals surface area contributed by atoms with Gasteiger partial charge in [0.1, 0.15) is 12.2 Å². The molecule has 2 aromatic rings. The van der Waals surface area contributed by atoms with Crippen LogP contribution in [0, 0.1) is 0 Å². The molecule has 1 aliphatic rings. The van der Waals surface area contributed by atoms with Gasteiger partial charge >= 0.3 is 0 Å². The van der Waals surface area contributed by atoms with E-state index in [1.54, 1.807) is 6.20 Å². The highest BCUT2D eigenvalue weighted by Crippen LogP contribution is 2.27. The second-order valence-electron chi connectivity index (χ2n) is 5.04. The number of aromatic nitrogens is 1. The summed E-state index contributed by atoms with van der Waals surface area (Å²) in [7, 11) is 2.05. The maximum atomic E-state index is 10.6. The van der Waals surface area contributed by atoms with Gasteiger partial charge in [0, 0.05) is 30.2 Å². The summed E-state index contributed by atoms with van der Waals surface area (Å²) in [6, 6.07) is 9.80. The van der Waals surface area contributed by atoms with Gasteiger partial charge in [-0.15, -0.1) is 0 Å². The molecule has 3 rings (SSSR count). The number of pyridine rings is 1. The molecule has 2 atom stereocenters. The van der Waals surface area contributed by atoms with Gasteiger partial charge in [0.15, 0.2) is 0 Å². The highest BCUT2D eigenvalue weighted by atomic mass is 16.5. The van der Waals surface area contributed by atoms with Crippen molar-refractivity contribution in [1.29, 1.82) is 0 Å². The molecule has 0 amide bonds. The van der Waals surface area contributed by atoms with Crippen molar-refractivity contribution in [2.24, 2.45) is 0 Å². The summed E-state index contributed by atoms with van der Waals surface area (Å²) in [6.07, 6.45) is 0.930. The van der Waals surface area contributed by atoms with Gasteiger partial charge in [0.25, 0.3) is 0 Å². The third-order valence-corrected chi connectivity index (χ3v) is 3.63. The van der Waals surface area contributed by atoms with E-state index in [0.717, 1.165) is 29.6 Å². The Bertz CT molecular complexity index is 568. The molecule has 0 bridgehead atoms. The van der Waals surface area contributed by atoms with E-state index in [0.29, 0.717) is 6.61 Å². The lowest BCUT2D eigenvalue weighted by atomic mass is 10.00. The van der Waals surface area contributed by atoms with Gasteiger partial charge in [-0.05, 0) is 13.1 Å². The molecule has 0 saturated carbocycles. The van der Waals surface area contributed by atoms with Crippen LogP contribution in [0.3, 0.4) is 0 Å². The topological polar surface area (TPSA) is 45.6 Å². The molecule has 0 aliphatic carbocycles. The third kappa shape index (κ3) is 2.47. The van der Waals surface area contributed by atoms with E-state index in [9.17, 15) is 5.11 Å². The zero-order chi connectivity index (χ0) is 13.2. The number of hydrogen-bond donors (Lipinski definition) is 1. The Morgan fingerprint density at radius 2 is 2.21 bits per heavy atom. The fourth-order valence-corrected chi connectivity index (χ4v) is 2.57. The van der Waals surface area contributed by atoms with E-state index < -0.39 is 6.10 Å². The number of aliphatic hydroxyl groups is 1. The number of fused-ring (bicyclic) bond motifs is 1. The summed E-state index contributed by atoms with van der Waals surface area (Å²) in [5, 5.41) is 11.6. The summed E-state index contributed by atoms with van der Waals surface area (Å²) in [6.45, 7) is 2.32. The highest BCUT2D eigenvalue weighted by molar-refractivity contribution is 5.81. The fraction of sp³-hybridized carbons (Fsp3) is 0.400. The van der Waals surface area contributed by atoms with Crippen molar-refractivity contribution < 1.29 is 9.84 Å². The zero-order valence-corrected chi connectivity index (χ0v) is 11.0. The molecule has 0 spiro atoms. The van der Waals surface area contributed by atoms with E-state index in [4.69, 9.17) is 4.74 Å². The van der Waals surface area contributed by atoms with Crippen LogP contribution in [0.15, 0.2) is 36.5 Å². The summed E-state index contributed by atoms with van der Waals surface area (Å²) in [4.78, 5) is 6.56. The van der Waals surface area contributed by atoms with E-state index >= 15 is 0 Å². The first kappa shape index (κ1) is 12.5. The van der Waals surface area contributed by atoms with Gasteiger partial charge in [-0.2, -0.15) is 0 Å². The number of morpholine rings is 1. The van der Waals surface area contributed by atoms with Crippen molar-refractivity contribution in [2.45, 2.75) is 12.2 Å². The van der Waals surface area contributed by atoms with Gasteiger partial charge in [0.2, 0.25) is 0 Å².